The Balaban J connectivity index is 2.24. The van der Waals surface area contributed by atoms with Gasteiger partial charge in [-0.15, -0.1) is 0 Å². The van der Waals surface area contributed by atoms with Gasteiger partial charge < -0.3 is 9.80 Å². The first-order chi connectivity index (χ1) is 10.8. The van der Waals surface area contributed by atoms with E-state index in [1.54, 1.807) is 9.80 Å². The van der Waals surface area contributed by atoms with E-state index in [-0.39, 0.29) is 16.7 Å². The van der Waals surface area contributed by atoms with Gasteiger partial charge in [0.1, 0.15) is 6.04 Å². The van der Waals surface area contributed by atoms with E-state index in [0.29, 0.717) is 31.6 Å². The van der Waals surface area contributed by atoms with Gasteiger partial charge in [0.25, 0.3) is 5.91 Å². The lowest BCUT2D eigenvalue weighted by Gasteiger charge is -2.40. The average Bonchev–Trinajstić information content (AvgIpc) is 2.53. The minimum Gasteiger partial charge on any atom is -0.339 e. The zero-order valence-electron chi connectivity index (χ0n) is 13.2. The first kappa shape index (κ1) is 17.4. The van der Waals surface area contributed by atoms with Crippen molar-refractivity contribution in [2.45, 2.75) is 31.2 Å². The largest absolute Gasteiger partial charge is 0.339 e. The van der Waals surface area contributed by atoms with Crippen molar-refractivity contribution in [2.75, 3.05) is 19.6 Å². The summed E-state index contributed by atoms with van der Waals surface area (Å²) in [5, 5.41) is 5.04. The van der Waals surface area contributed by atoms with Crippen LogP contribution in [0.2, 0.25) is 0 Å². The zero-order chi connectivity index (χ0) is 17.2. The third-order valence-electron chi connectivity index (χ3n) is 4.04. The smallest absolute Gasteiger partial charge is 0.254 e. The minimum atomic E-state index is -3.79. The molecule has 1 aromatic carbocycles. The van der Waals surface area contributed by atoms with Crippen LogP contribution >= 0.6 is 0 Å². The van der Waals surface area contributed by atoms with Crippen LogP contribution in [-0.2, 0) is 14.8 Å². The normalized spacial score (nSPS) is 19.1. The number of nitrogens with two attached hydrogens (primary N) is 1. The maximum Gasteiger partial charge on any atom is 0.254 e. The molecular formula is C15H21N3O4S. The maximum absolute atomic E-state index is 12.6. The summed E-state index contributed by atoms with van der Waals surface area (Å²) in [6.07, 6.45) is 0.538. The summed E-state index contributed by atoms with van der Waals surface area (Å²) in [6, 6.07) is 4.96. The van der Waals surface area contributed by atoms with Gasteiger partial charge in [-0.1, -0.05) is 6.92 Å². The highest BCUT2D eigenvalue weighted by atomic mass is 32.2. The van der Waals surface area contributed by atoms with Gasteiger partial charge in [0.2, 0.25) is 15.9 Å². The van der Waals surface area contributed by atoms with Crippen molar-refractivity contribution >= 4 is 21.8 Å². The molecule has 1 atom stereocenters. The topological polar surface area (TPSA) is 101 Å². The molecule has 1 heterocycles. The van der Waals surface area contributed by atoms with Crippen molar-refractivity contribution in [3.63, 3.8) is 0 Å². The molecule has 1 aliphatic heterocycles. The lowest BCUT2D eigenvalue weighted by Crippen LogP contribution is -2.58. The van der Waals surface area contributed by atoms with Crippen molar-refractivity contribution < 1.29 is 18.0 Å². The van der Waals surface area contributed by atoms with E-state index in [0.717, 1.165) is 0 Å². The summed E-state index contributed by atoms with van der Waals surface area (Å²) >= 11 is 0. The van der Waals surface area contributed by atoms with Gasteiger partial charge in [0.15, 0.2) is 0 Å². The number of likely N-dealkylation sites (N-methyl/N-ethyl adjacent to an activating group) is 1. The maximum atomic E-state index is 12.6. The van der Waals surface area contributed by atoms with Gasteiger partial charge in [-0.2, -0.15) is 0 Å². The fourth-order valence-corrected chi connectivity index (χ4v) is 3.26. The second-order valence-electron chi connectivity index (χ2n) is 5.41. The van der Waals surface area contributed by atoms with Gasteiger partial charge in [-0.3, -0.25) is 9.59 Å². The zero-order valence-corrected chi connectivity index (χ0v) is 14.0. The molecule has 1 aromatic rings. The number of piperazine rings is 1. The van der Waals surface area contributed by atoms with Gasteiger partial charge in [-0.05, 0) is 37.6 Å². The molecule has 7 nitrogen and oxygen atoms in total. The van der Waals surface area contributed by atoms with Crippen molar-refractivity contribution in [1.82, 2.24) is 9.80 Å². The Morgan fingerprint density at radius 1 is 1.22 bits per heavy atom. The number of hydrogen-bond donors (Lipinski definition) is 1. The third kappa shape index (κ3) is 3.53. The Kier molecular flexibility index (Phi) is 5.06. The molecule has 23 heavy (non-hydrogen) atoms. The molecule has 0 saturated carbocycles. The Labute approximate surface area is 136 Å². The van der Waals surface area contributed by atoms with E-state index in [1.807, 2.05) is 13.8 Å². The monoisotopic (exact) mass is 339 g/mol. The molecule has 0 bridgehead atoms. The van der Waals surface area contributed by atoms with Crippen LogP contribution in [0.5, 0.6) is 0 Å². The number of carbonyl (C=O) groups excluding carboxylic acids is 2. The second-order valence-corrected chi connectivity index (χ2v) is 6.97. The molecule has 2 rings (SSSR count). The van der Waals surface area contributed by atoms with Crippen LogP contribution < -0.4 is 5.14 Å². The standard InChI is InChI=1S/C15H21N3O4S/c1-3-13-15(20)17(4-2)9-10-18(13)14(19)11-5-7-12(8-6-11)23(16,21)22/h5-8,13H,3-4,9-10H2,1-2H3,(H2,16,21,22)/t13-/m0/s1. The second kappa shape index (κ2) is 6.67. The Hall–Kier alpha value is -1.93. The lowest BCUT2D eigenvalue weighted by molar-refractivity contribution is -0.140. The van der Waals surface area contributed by atoms with Crippen LogP contribution in [0.4, 0.5) is 0 Å². The number of amides is 2. The average molecular weight is 339 g/mol. The van der Waals surface area contributed by atoms with Crippen LogP contribution in [0.25, 0.3) is 0 Å². The summed E-state index contributed by atoms with van der Waals surface area (Å²) in [7, 11) is -3.79. The van der Waals surface area contributed by atoms with E-state index in [4.69, 9.17) is 5.14 Å². The number of rotatable bonds is 4. The summed E-state index contributed by atoms with van der Waals surface area (Å²) in [6.45, 7) is 5.38. The Morgan fingerprint density at radius 3 is 2.30 bits per heavy atom. The minimum absolute atomic E-state index is 0.0456. The van der Waals surface area contributed by atoms with Crippen LogP contribution in [0.15, 0.2) is 29.2 Å². The molecule has 0 spiro atoms. The predicted molar refractivity (Wildman–Crippen MR) is 85.2 cm³/mol. The molecule has 1 aliphatic rings. The summed E-state index contributed by atoms with van der Waals surface area (Å²) < 4.78 is 22.5. The fraction of sp³-hybridized carbons (Fsp3) is 0.467. The van der Waals surface area contributed by atoms with Gasteiger partial charge in [0.05, 0.1) is 4.90 Å². The Morgan fingerprint density at radius 2 is 1.83 bits per heavy atom. The molecule has 2 amide bonds. The van der Waals surface area contributed by atoms with Crippen LogP contribution in [-0.4, -0.2) is 55.7 Å². The molecule has 0 unspecified atom stereocenters. The van der Waals surface area contributed by atoms with Crippen LogP contribution in [0, 0.1) is 0 Å². The van der Waals surface area contributed by atoms with Gasteiger partial charge in [-0.25, -0.2) is 13.6 Å². The highest BCUT2D eigenvalue weighted by molar-refractivity contribution is 7.89. The number of nitrogens with zero attached hydrogens (tertiary/aromatic N) is 2. The van der Waals surface area contributed by atoms with Crippen molar-refractivity contribution in [1.29, 1.82) is 0 Å². The first-order valence-electron chi connectivity index (χ1n) is 7.52. The molecule has 0 aromatic heterocycles. The third-order valence-corrected chi connectivity index (χ3v) is 4.97. The number of primary sulfonamides is 1. The van der Waals surface area contributed by atoms with E-state index < -0.39 is 16.1 Å². The van der Waals surface area contributed by atoms with E-state index >= 15 is 0 Å². The molecule has 0 aliphatic carbocycles. The van der Waals surface area contributed by atoms with E-state index in [2.05, 4.69) is 0 Å². The van der Waals surface area contributed by atoms with E-state index in [1.165, 1.54) is 24.3 Å². The van der Waals surface area contributed by atoms with Crippen LogP contribution in [0.3, 0.4) is 0 Å². The molecule has 1 saturated heterocycles. The number of benzene rings is 1. The lowest BCUT2D eigenvalue weighted by atomic mass is 10.1. The molecule has 126 valence electrons. The fourth-order valence-electron chi connectivity index (χ4n) is 2.74. The van der Waals surface area contributed by atoms with Crippen molar-refractivity contribution in [2.24, 2.45) is 5.14 Å². The molecular weight excluding hydrogens is 318 g/mol. The number of hydrogen-bond acceptors (Lipinski definition) is 4. The SMILES string of the molecule is CC[C@H]1C(=O)N(CC)CCN1C(=O)c1ccc(S(N)(=O)=O)cc1. The number of carbonyl (C=O) groups is 2. The molecule has 0 radical (unpaired) electrons. The predicted octanol–water partition coefficient (Wildman–Crippen LogP) is 0.417. The summed E-state index contributed by atoms with van der Waals surface area (Å²) in [5.74, 6) is -0.322. The van der Waals surface area contributed by atoms with E-state index in [9.17, 15) is 18.0 Å². The highest BCUT2D eigenvalue weighted by Gasteiger charge is 2.35. The van der Waals surface area contributed by atoms with Gasteiger partial charge in [0, 0.05) is 25.2 Å². The van der Waals surface area contributed by atoms with Crippen molar-refractivity contribution in [3.8, 4) is 0 Å². The quantitative estimate of drug-likeness (QED) is 0.859. The van der Waals surface area contributed by atoms with Crippen LogP contribution in [0.1, 0.15) is 30.6 Å². The summed E-state index contributed by atoms with van der Waals surface area (Å²) in [4.78, 5) is 28.2. The highest BCUT2D eigenvalue weighted by Crippen LogP contribution is 2.18. The Bertz CT molecular complexity index is 700. The molecule has 2 N–H and O–H groups in total. The summed E-state index contributed by atoms with van der Waals surface area (Å²) in [5.41, 5.74) is 0.341. The van der Waals surface area contributed by atoms with Crippen molar-refractivity contribution in [3.05, 3.63) is 29.8 Å². The van der Waals surface area contributed by atoms with Gasteiger partial charge >= 0.3 is 0 Å². The molecule has 8 heteroatoms. The number of sulfonamides is 1. The first-order valence-corrected chi connectivity index (χ1v) is 9.06. The molecule has 1 fully saturated rings.